The molecule has 1 unspecified atom stereocenters. The highest BCUT2D eigenvalue weighted by molar-refractivity contribution is 9.10. The van der Waals surface area contributed by atoms with Gasteiger partial charge in [0.2, 0.25) is 0 Å². The normalized spacial score (nSPS) is 19.6. The first-order valence-corrected chi connectivity index (χ1v) is 6.87. The van der Waals surface area contributed by atoms with Crippen LogP contribution in [0.25, 0.3) is 10.9 Å². The van der Waals surface area contributed by atoms with Crippen molar-refractivity contribution < 1.29 is 0 Å². The van der Waals surface area contributed by atoms with Gasteiger partial charge in [0, 0.05) is 30.0 Å². The van der Waals surface area contributed by atoms with Gasteiger partial charge in [-0.1, -0.05) is 15.9 Å². The highest BCUT2D eigenvalue weighted by Gasteiger charge is 2.16. The predicted octanol–water partition coefficient (Wildman–Crippen LogP) is 1.69. The van der Waals surface area contributed by atoms with Crippen molar-refractivity contribution in [2.75, 3.05) is 6.54 Å². The zero-order chi connectivity index (χ0) is 12.7. The van der Waals surface area contributed by atoms with Crippen molar-refractivity contribution in [1.82, 2.24) is 14.9 Å². The molecule has 0 fully saturated rings. The number of fused-ring (bicyclic) bond motifs is 2. The molecular weight excluding hydrogens is 294 g/mol. The summed E-state index contributed by atoms with van der Waals surface area (Å²) in [4.78, 5) is 17.1. The fraction of sp³-hybridized carbons (Fsp3) is 0.385. The zero-order valence-corrected chi connectivity index (χ0v) is 11.7. The van der Waals surface area contributed by atoms with Gasteiger partial charge >= 0.3 is 0 Å². The van der Waals surface area contributed by atoms with Crippen LogP contribution in [-0.4, -0.2) is 22.1 Å². The highest BCUT2D eigenvalue weighted by atomic mass is 79.9. The Morgan fingerprint density at radius 1 is 1.50 bits per heavy atom. The second-order valence-corrected chi connectivity index (χ2v) is 5.63. The van der Waals surface area contributed by atoms with Crippen molar-refractivity contribution in [3.63, 3.8) is 0 Å². The summed E-state index contributed by atoms with van der Waals surface area (Å²) in [6, 6.07) is 5.93. The lowest BCUT2D eigenvalue weighted by molar-refractivity contribution is 0.502. The lowest BCUT2D eigenvalue weighted by Gasteiger charge is -2.12. The van der Waals surface area contributed by atoms with Gasteiger partial charge in [0.15, 0.2) is 0 Å². The van der Waals surface area contributed by atoms with Gasteiger partial charge in [0.05, 0.1) is 10.9 Å². The Labute approximate surface area is 113 Å². The number of halogens is 1. The van der Waals surface area contributed by atoms with Gasteiger partial charge in [-0.15, -0.1) is 0 Å². The van der Waals surface area contributed by atoms with Crippen LogP contribution in [0.4, 0.5) is 0 Å². The summed E-state index contributed by atoms with van der Waals surface area (Å²) in [5.41, 5.74) is 0.841. The summed E-state index contributed by atoms with van der Waals surface area (Å²) >= 11 is 3.42. The second kappa shape index (κ2) is 4.48. The van der Waals surface area contributed by atoms with Gasteiger partial charge in [-0.2, -0.15) is 0 Å². The van der Waals surface area contributed by atoms with Crippen LogP contribution in [0.2, 0.25) is 0 Å². The van der Waals surface area contributed by atoms with E-state index < -0.39 is 0 Å². The smallest absolute Gasteiger partial charge is 0.261 e. The first-order valence-electron chi connectivity index (χ1n) is 6.07. The average Bonchev–Trinajstić information content (AvgIpc) is 2.51. The molecule has 4 nitrogen and oxygen atoms in total. The molecule has 0 radical (unpaired) electrons. The Bertz CT molecular complexity index is 665. The van der Waals surface area contributed by atoms with Crippen molar-refractivity contribution in [3.8, 4) is 0 Å². The molecule has 0 bridgehead atoms. The Morgan fingerprint density at radius 3 is 3.17 bits per heavy atom. The monoisotopic (exact) mass is 307 g/mol. The molecule has 1 atom stereocenters. The molecule has 1 aromatic heterocycles. The maximum absolute atomic E-state index is 12.5. The van der Waals surface area contributed by atoms with Crippen molar-refractivity contribution in [2.24, 2.45) is 0 Å². The summed E-state index contributed by atoms with van der Waals surface area (Å²) in [6.07, 6.45) is 0.794. The number of rotatable bonds is 0. The number of aromatic nitrogens is 2. The molecule has 3 rings (SSSR count). The first-order chi connectivity index (χ1) is 8.65. The zero-order valence-electron chi connectivity index (χ0n) is 10.1. The number of nitrogens with one attached hydrogen (secondary N) is 1. The molecule has 0 saturated heterocycles. The predicted molar refractivity (Wildman–Crippen MR) is 74.9 cm³/mol. The molecule has 1 aliphatic rings. The minimum Gasteiger partial charge on any atom is -0.312 e. The molecule has 0 saturated carbocycles. The van der Waals surface area contributed by atoms with E-state index in [4.69, 9.17) is 0 Å². The molecule has 1 aliphatic heterocycles. The first kappa shape index (κ1) is 11.9. The third-order valence-electron chi connectivity index (χ3n) is 3.29. The number of nitrogens with zero attached hydrogens (tertiary/aromatic N) is 2. The molecule has 1 N–H and O–H groups in total. The summed E-state index contributed by atoms with van der Waals surface area (Å²) in [5, 5.41) is 4.07. The van der Waals surface area contributed by atoms with Crippen molar-refractivity contribution >= 4 is 26.8 Å². The van der Waals surface area contributed by atoms with E-state index in [0.29, 0.717) is 18.0 Å². The van der Waals surface area contributed by atoms with Crippen LogP contribution in [-0.2, 0) is 13.0 Å². The van der Waals surface area contributed by atoms with Crippen LogP contribution in [0, 0.1) is 0 Å². The Balaban J connectivity index is 2.29. The fourth-order valence-electron chi connectivity index (χ4n) is 2.39. The SMILES string of the molecule is CC1Cn2c(nc3cc(Br)ccc3c2=O)CCN1. The minimum atomic E-state index is 0.0676. The van der Waals surface area contributed by atoms with Crippen LogP contribution < -0.4 is 10.9 Å². The van der Waals surface area contributed by atoms with Crippen molar-refractivity contribution in [1.29, 1.82) is 0 Å². The maximum atomic E-state index is 12.5. The Morgan fingerprint density at radius 2 is 2.33 bits per heavy atom. The maximum Gasteiger partial charge on any atom is 0.261 e. The van der Waals surface area contributed by atoms with Gasteiger partial charge in [0.1, 0.15) is 5.82 Å². The molecule has 0 aliphatic carbocycles. The number of hydrogen-bond acceptors (Lipinski definition) is 3. The van der Waals surface area contributed by atoms with Gasteiger partial charge < -0.3 is 5.32 Å². The molecule has 1 aromatic carbocycles. The lowest BCUT2D eigenvalue weighted by Crippen LogP contribution is -2.32. The molecule has 94 valence electrons. The second-order valence-electron chi connectivity index (χ2n) is 4.71. The summed E-state index contributed by atoms with van der Waals surface area (Å²) in [5.74, 6) is 0.877. The topological polar surface area (TPSA) is 46.9 Å². The number of benzene rings is 1. The van der Waals surface area contributed by atoms with Crippen molar-refractivity contribution in [2.45, 2.75) is 25.9 Å². The molecule has 5 heteroatoms. The van der Waals surface area contributed by atoms with E-state index >= 15 is 0 Å². The van der Waals surface area contributed by atoms with Crippen LogP contribution >= 0.6 is 15.9 Å². The van der Waals surface area contributed by atoms with Gasteiger partial charge in [-0.05, 0) is 25.1 Å². The highest BCUT2D eigenvalue weighted by Crippen LogP contribution is 2.16. The van der Waals surface area contributed by atoms with E-state index in [9.17, 15) is 4.79 Å². The largest absolute Gasteiger partial charge is 0.312 e. The summed E-state index contributed by atoms with van der Waals surface area (Å²) < 4.78 is 2.76. The third kappa shape index (κ3) is 1.97. The molecule has 0 spiro atoms. The molecule has 2 aromatic rings. The quantitative estimate of drug-likeness (QED) is 0.806. The fourth-order valence-corrected chi connectivity index (χ4v) is 2.74. The van der Waals surface area contributed by atoms with Crippen LogP contribution in [0.15, 0.2) is 27.5 Å². The number of hydrogen-bond donors (Lipinski definition) is 1. The van der Waals surface area contributed by atoms with Gasteiger partial charge in [-0.25, -0.2) is 4.98 Å². The minimum absolute atomic E-state index is 0.0676. The summed E-state index contributed by atoms with van der Waals surface area (Å²) in [7, 11) is 0. The van der Waals surface area contributed by atoms with E-state index in [-0.39, 0.29) is 5.56 Å². The lowest BCUT2D eigenvalue weighted by atomic mass is 10.2. The Hall–Kier alpha value is -1.20. The molecule has 2 heterocycles. The van der Waals surface area contributed by atoms with Crippen LogP contribution in [0.3, 0.4) is 0 Å². The van der Waals surface area contributed by atoms with Crippen LogP contribution in [0.5, 0.6) is 0 Å². The van der Waals surface area contributed by atoms with E-state index in [1.54, 1.807) is 4.57 Å². The standard InChI is InChI=1S/C13H14BrN3O/c1-8-7-17-12(4-5-15-8)16-11-6-9(14)2-3-10(11)13(17)18/h2-3,6,8,15H,4-5,7H2,1H3. The Kier molecular flexibility index (Phi) is 2.95. The van der Waals surface area contributed by atoms with Gasteiger partial charge in [0.25, 0.3) is 5.56 Å². The molecule has 18 heavy (non-hydrogen) atoms. The summed E-state index contributed by atoms with van der Waals surface area (Å²) in [6.45, 7) is 3.65. The molecular formula is C13H14BrN3O. The van der Waals surface area contributed by atoms with Crippen LogP contribution in [0.1, 0.15) is 12.7 Å². The van der Waals surface area contributed by atoms with E-state index in [1.165, 1.54) is 0 Å². The molecule has 0 amide bonds. The van der Waals surface area contributed by atoms with E-state index in [2.05, 4.69) is 33.2 Å². The van der Waals surface area contributed by atoms with E-state index in [0.717, 1.165) is 28.8 Å². The van der Waals surface area contributed by atoms with Crippen molar-refractivity contribution in [3.05, 3.63) is 38.9 Å². The van der Waals surface area contributed by atoms with Gasteiger partial charge in [-0.3, -0.25) is 9.36 Å². The third-order valence-corrected chi connectivity index (χ3v) is 3.79. The average molecular weight is 308 g/mol. The van der Waals surface area contributed by atoms with E-state index in [1.807, 2.05) is 18.2 Å².